The molecule has 0 spiro atoms. The van der Waals surface area contributed by atoms with Crippen molar-refractivity contribution in [3.8, 4) is 43.4 Å². The molecular weight excluding hydrogens is 661 g/mol. The molecule has 2 nitrogen and oxygen atoms in total. The molecular formula is C50H32N2S. The van der Waals surface area contributed by atoms with E-state index < -0.39 is 5.41 Å². The summed E-state index contributed by atoms with van der Waals surface area (Å²) in [7, 11) is 0. The fourth-order valence-corrected chi connectivity index (χ4v) is 10.0. The third-order valence-corrected chi connectivity index (χ3v) is 12.2. The number of hydrogen-bond acceptors (Lipinski definition) is 3. The topological polar surface area (TPSA) is 16.1 Å². The van der Waals surface area contributed by atoms with Gasteiger partial charge in [0.25, 0.3) is 0 Å². The second-order valence-electron chi connectivity index (χ2n) is 13.9. The maximum absolute atomic E-state index is 5.23. The Balaban J connectivity index is 1.16. The van der Waals surface area contributed by atoms with Gasteiger partial charge >= 0.3 is 0 Å². The number of anilines is 3. The van der Waals surface area contributed by atoms with Gasteiger partial charge in [-0.2, -0.15) is 0 Å². The number of para-hydroxylation sites is 1. The Morgan fingerprint density at radius 3 is 1.79 bits per heavy atom. The molecule has 8 aromatic carbocycles. The van der Waals surface area contributed by atoms with E-state index in [2.05, 4.69) is 199 Å². The molecule has 53 heavy (non-hydrogen) atoms. The molecule has 0 bridgehead atoms. The van der Waals surface area contributed by atoms with Crippen molar-refractivity contribution in [2.24, 2.45) is 0 Å². The third kappa shape index (κ3) is 4.41. The second-order valence-corrected chi connectivity index (χ2v) is 14.9. The molecule has 1 aromatic heterocycles. The maximum atomic E-state index is 5.23. The SMILES string of the molecule is c1ccc(-c2nc3c(s2)-c2cc(N(c4ccccc4)c4ccc5c(c4)C(c4ccccc4)(c4ccccc4)c4ccccc4-5)cc4cccc-3c24)cc1. The van der Waals surface area contributed by atoms with Gasteiger partial charge in [-0.3, -0.25) is 0 Å². The van der Waals surface area contributed by atoms with Gasteiger partial charge in [0.15, 0.2) is 0 Å². The van der Waals surface area contributed by atoms with E-state index in [1.807, 2.05) is 0 Å². The first-order valence-electron chi connectivity index (χ1n) is 18.1. The van der Waals surface area contributed by atoms with Crippen LogP contribution in [0.25, 0.3) is 54.2 Å². The normalized spacial score (nSPS) is 13.1. The molecule has 2 aliphatic carbocycles. The van der Waals surface area contributed by atoms with Crippen LogP contribution in [0.3, 0.4) is 0 Å². The molecule has 0 saturated carbocycles. The maximum Gasteiger partial charge on any atom is 0.124 e. The van der Waals surface area contributed by atoms with Gasteiger partial charge in [0.2, 0.25) is 0 Å². The zero-order valence-electron chi connectivity index (χ0n) is 28.8. The van der Waals surface area contributed by atoms with Gasteiger partial charge in [-0.25, -0.2) is 4.98 Å². The first kappa shape index (κ1) is 30.1. The lowest BCUT2D eigenvalue weighted by molar-refractivity contribution is 0.768. The number of hydrogen-bond donors (Lipinski definition) is 0. The molecule has 0 amide bonds. The Hall–Kier alpha value is -6.55. The van der Waals surface area contributed by atoms with E-state index in [4.69, 9.17) is 4.98 Å². The largest absolute Gasteiger partial charge is 0.310 e. The summed E-state index contributed by atoms with van der Waals surface area (Å²) in [5.41, 5.74) is 15.3. The predicted octanol–water partition coefficient (Wildman–Crippen LogP) is 13.4. The number of aromatic nitrogens is 1. The summed E-state index contributed by atoms with van der Waals surface area (Å²) in [5.74, 6) is 0. The van der Waals surface area contributed by atoms with Crippen LogP contribution in [0.2, 0.25) is 0 Å². The van der Waals surface area contributed by atoms with Crippen molar-refractivity contribution in [3.63, 3.8) is 0 Å². The Labute approximate surface area is 312 Å². The van der Waals surface area contributed by atoms with E-state index in [0.29, 0.717) is 0 Å². The standard InChI is InChI=1S/C50H32N2S/c1-5-16-33(17-6-1)49-51-47-42-26-15-18-34-30-39(31-43(46(34)42)48(47)53-49)52(37-23-11-4-12-24-37)38-28-29-41-40-25-13-14-27-44(40)50(45(41)32-38,35-19-7-2-8-20-35)36-21-9-3-10-22-36/h1-32H. The van der Waals surface area contributed by atoms with E-state index in [9.17, 15) is 0 Å². The van der Waals surface area contributed by atoms with Crippen LogP contribution in [0, 0.1) is 0 Å². The second kappa shape index (κ2) is 11.7. The smallest absolute Gasteiger partial charge is 0.124 e. The monoisotopic (exact) mass is 692 g/mol. The van der Waals surface area contributed by atoms with Crippen LogP contribution in [0.4, 0.5) is 17.1 Å². The highest BCUT2D eigenvalue weighted by Gasteiger charge is 2.46. The zero-order valence-corrected chi connectivity index (χ0v) is 29.6. The summed E-state index contributed by atoms with van der Waals surface area (Å²) in [6.07, 6.45) is 0. The Kier molecular flexibility index (Phi) is 6.67. The van der Waals surface area contributed by atoms with Crippen molar-refractivity contribution in [2.75, 3.05) is 4.90 Å². The number of fused-ring (bicyclic) bond motifs is 6. The molecule has 0 radical (unpaired) electrons. The quantitative estimate of drug-likeness (QED) is 0.172. The Morgan fingerprint density at radius 2 is 1.06 bits per heavy atom. The minimum atomic E-state index is -0.482. The molecule has 11 rings (SSSR count). The van der Waals surface area contributed by atoms with Crippen molar-refractivity contribution in [2.45, 2.75) is 5.41 Å². The zero-order chi connectivity index (χ0) is 34.9. The molecule has 0 unspecified atom stereocenters. The molecule has 0 N–H and O–H groups in total. The minimum Gasteiger partial charge on any atom is -0.310 e. The van der Waals surface area contributed by atoms with Crippen LogP contribution in [0.5, 0.6) is 0 Å². The Bertz CT molecular complexity index is 2780. The number of benzene rings is 8. The van der Waals surface area contributed by atoms with E-state index in [0.717, 1.165) is 33.3 Å². The van der Waals surface area contributed by atoms with E-state index in [-0.39, 0.29) is 0 Å². The fraction of sp³-hybridized carbons (Fsp3) is 0.0200. The molecule has 2 aliphatic rings. The lowest BCUT2D eigenvalue weighted by atomic mass is 9.67. The first-order chi connectivity index (χ1) is 26.3. The molecule has 0 fully saturated rings. The van der Waals surface area contributed by atoms with Gasteiger partial charge in [-0.1, -0.05) is 158 Å². The lowest BCUT2D eigenvalue weighted by Crippen LogP contribution is -2.28. The summed E-state index contributed by atoms with van der Waals surface area (Å²) in [5, 5.41) is 3.56. The number of rotatable bonds is 6. The van der Waals surface area contributed by atoms with Crippen LogP contribution in [-0.2, 0) is 5.41 Å². The van der Waals surface area contributed by atoms with Gasteiger partial charge in [-0.05, 0) is 80.6 Å². The summed E-state index contributed by atoms with van der Waals surface area (Å²) in [6, 6.07) is 70.9. The van der Waals surface area contributed by atoms with Crippen LogP contribution in [0.1, 0.15) is 22.3 Å². The predicted molar refractivity (Wildman–Crippen MR) is 221 cm³/mol. The average Bonchev–Trinajstić information content (AvgIpc) is 3.89. The van der Waals surface area contributed by atoms with E-state index >= 15 is 0 Å². The highest BCUT2D eigenvalue weighted by Crippen LogP contribution is 2.58. The van der Waals surface area contributed by atoms with Crippen molar-refractivity contribution in [3.05, 3.63) is 216 Å². The average molecular weight is 693 g/mol. The summed E-state index contributed by atoms with van der Waals surface area (Å²) in [4.78, 5) is 8.90. The van der Waals surface area contributed by atoms with Crippen molar-refractivity contribution in [1.29, 1.82) is 0 Å². The van der Waals surface area contributed by atoms with E-state index in [1.165, 1.54) is 60.2 Å². The summed E-state index contributed by atoms with van der Waals surface area (Å²) < 4.78 is 0. The van der Waals surface area contributed by atoms with Gasteiger partial charge in [-0.15, -0.1) is 11.3 Å². The summed E-state index contributed by atoms with van der Waals surface area (Å²) in [6.45, 7) is 0. The molecule has 0 saturated heterocycles. The molecule has 1 heterocycles. The lowest BCUT2D eigenvalue weighted by Gasteiger charge is -2.35. The van der Waals surface area contributed by atoms with Crippen LogP contribution in [0.15, 0.2) is 194 Å². The number of nitrogens with zero attached hydrogens (tertiary/aromatic N) is 2. The first-order valence-corrected chi connectivity index (χ1v) is 18.9. The fourth-order valence-electron chi connectivity index (χ4n) is 8.90. The van der Waals surface area contributed by atoms with Crippen molar-refractivity contribution in [1.82, 2.24) is 4.98 Å². The summed E-state index contributed by atoms with van der Waals surface area (Å²) >= 11 is 1.79. The van der Waals surface area contributed by atoms with Crippen LogP contribution in [-0.4, -0.2) is 4.98 Å². The van der Waals surface area contributed by atoms with Gasteiger partial charge < -0.3 is 4.90 Å². The molecule has 0 aliphatic heterocycles. The van der Waals surface area contributed by atoms with Crippen LogP contribution >= 0.6 is 11.3 Å². The van der Waals surface area contributed by atoms with Crippen molar-refractivity contribution >= 4 is 39.2 Å². The third-order valence-electron chi connectivity index (χ3n) is 11.1. The van der Waals surface area contributed by atoms with Crippen molar-refractivity contribution < 1.29 is 0 Å². The van der Waals surface area contributed by atoms with Gasteiger partial charge in [0.05, 0.1) is 16.0 Å². The Morgan fingerprint density at radius 1 is 0.434 bits per heavy atom. The van der Waals surface area contributed by atoms with E-state index in [1.54, 1.807) is 11.3 Å². The highest BCUT2D eigenvalue weighted by molar-refractivity contribution is 7.19. The highest BCUT2D eigenvalue weighted by atomic mass is 32.1. The number of thiazole rings is 1. The molecule has 248 valence electrons. The van der Waals surface area contributed by atoms with Gasteiger partial charge in [0, 0.05) is 33.8 Å². The van der Waals surface area contributed by atoms with Crippen LogP contribution < -0.4 is 4.90 Å². The molecule has 0 atom stereocenters. The van der Waals surface area contributed by atoms with Gasteiger partial charge in [0.1, 0.15) is 5.01 Å². The molecule has 3 heteroatoms. The minimum absolute atomic E-state index is 0.482. The molecule has 9 aromatic rings.